The molecule has 130 valence electrons. The number of benzene rings is 3. The molecule has 1 N–H and O–H groups in total. The van der Waals surface area contributed by atoms with Crippen molar-refractivity contribution >= 4 is 34.8 Å². The maximum Gasteiger partial charge on any atom is 0.199 e. The maximum absolute atomic E-state index is 13.0. The molecule has 6 heteroatoms. The fourth-order valence-corrected chi connectivity index (χ4v) is 4.07. The molecule has 0 aliphatic heterocycles. The van der Waals surface area contributed by atoms with Crippen LogP contribution in [0.1, 0.15) is 11.4 Å². The van der Waals surface area contributed by atoms with Gasteiger partial charge in [-0.05, 0) is 41.4 Å². The van der Waals surface area contributed by atoms with E-state index in [0.29, 0.717) is 10.5 Å². The summed E-state index contributed by atoms with van der Waals surface area (Å²) in [6.45, 7) is 0. The number of H-pyrrole nitrogens is 1. The van der Waals surface area contributed by atoms with E-state index in [9.17, 15) is 4.39 Å². The standard InChI is InChI=1S/C20H16FN3S2/c21-16-10-8-14(9-11-16)12-26-13-19-22-23-20(25)24(19)18-7-3-5-15-4-1-2-6-17(15)18/h1-11H,12-13H2,(H,23,25). The van der Waals surface area contributed by atoms with Gasteiger partial charge in [0.15, 0.2) is 4.77 Å². The lowest BCUT2D eigenvalue weighted by Crippen LogP contribution is -2.01. The van der Waals surface area contributed by atoms with Crippen LogP contribution in [0.3, 0.4) is 0 Å². The van der Waals surface area contributed by atoms with Crippen LogP contribution in [0.2, 0.25) is 0 Å². The van der Waals surface area contributed by atoms with E-state index in [1.807, 2.05) is 34.9 Å². The van der Waals surface area contributed by atoms with Crippen molar-refractivity contribution in [2.75, 3.05) is 0 Å². The van der Waals surface area contributed by atoms with Crippen molar-refractivity contribution in [3.63, 3.8) is 0 Å². The second-order valence-corrected chi connectivity index (χ2v) is 7.27. The largest absolute Gasteiger partial charge is 0.271 e. The van der Waals surface area contributed by atoms with Gasteiger partial charge in [-0.25, -0.2) is 4.39 Å². The first kappa shape index (κ1) is 17.0. The molecule has 4 rings (SSSR count). The zero-order valence-corrected chi connectivity index (χ0v) is 15.5. The summed E-state index contributed by atoms with van der Waals surface area (Å²) in [5.41, 5.74) is 2.11. The van der Waals surface area contributed by atoms with Crippen LogP contribution in [0.15, 0.2) is 66.7 Å². The van der Waals surface area contributed by atoms with Crippen molar-refractivity contribution in [3.05, 3.63) is 88.7 Å². The summed E-state index contributed by atoms with van der Waals surface area (Å²) in [6, 6.07) is 21.0. The van der Waals surface area contributed by atoms with E-state index in [-0.39, 0.29) is 5.82 Å². The summed E-state index contributed by atoms with van der Waals surface area (Å²) >= 11 is 7.19. The average Bonchev–Trinajstić information content (AvgIpc) is 3.03. The molecule has 0 fully saturated rings. The molecule has 1 heterocycles. The Balaban J connectivity index is 1.61. The number of hydrogen-bond acceptors (Lipinski definition) is 3. The lowest BCUT2D eigenvalue weighted by molar-refractivity contribution is 0.627. The van der Waals surface area contributed by atoms with Crippen molar-refractivity contribution in [2.24, 2.45) is 0 Å². The number of nitrogens with zero attached hydrogens (tertiary/aromatic N) is 2. The highest BCUT2D eigenvalue weighted by Crippen LogP contribution is 2.25. The van der Waals surface area contributed by atoms with Crippen molar-refractivity contribution in [2.45, 2.75) is 11.5 Å². The van der Waals surface area contributed by atoms with Gasteiger partial charge in [-0.3, -0.25) is 9.67 Å². The van der Waals surface area contributed by atoms with Gasteiger partial charge in [0.1, 0.15) is 11.6 Å². The van der Waals surface area contributed by atoms with Gasteiger partial charge in [-0.2, -0.15) is 5.10 Å². The minimum atomic E-state index is -0.212. The van der Waals surface area contributed by atoms with Crippen LogP contribution in [0.4, 0.5) is 4.39 Å². The molecular weight excluding hydrogens is 365 g/mol. The second-order valence-electron chi connectivity index (χ2n) is 5.90. The zero-order valence-electron chi connectivity index (χ0n) is 13.9. The molecule has 0 aliphatic rings. The Morgan fingerprint density at radius 1 is 0.962 bits per heavy atom. The molecule has 0 unspecified atom stereocenters. The Bertz CT molecular complexity index is 1090. The Hall–Kier alpha value is -2.44. The van der Waals surface area contributed by atoms with Gasteiger partial charge in [0, 0.05) is 11.1 Å². The molecule has 0 saturated carbocycles. The molecule has 0 bridgehead atoms. The summed E-state index contributed by atoms with van der Waals surface area (Å²) in [6.07, 6.45) is 0. The number of fused-ring (bicyclic) bond motifs is 1. The number of nitrogens with one attached hydrogen (secondary N) is 1. The molecule has 3 nitrogen and oxygen atoms in total. The third-order valence-electron chi connectivity index (χ3n) is 4.16. The number of aromatic nitrogens is 3. The monoisotopic (exact) mass is 381 g/mol. The summed E-state index contributed by atoms with van der Waals surface area (Å²) < 4.78 is 15.6. The second kappa shape index (κ2) is 7.43. The van der Waals surface area contributed by atoms with Crippen LogP contribution in [0.25, 0.3) is 16.5 Å². The van der Waals surface area contributed by atoms with Gasteiger partial charge in [0.25, 0.3) is 0 Å². The van der Waals surface area contributed by atoms with Gasteiger partial charge < -0.3 is 0 Å². The third kappa shape index (κ3) is 3.43. The fraction of sp³-hybridized carbons (Fsp3) is 0.100. The molecule has 0 aliphatic carbocycles. The van der Waals surface area contributed by atoms with Crippen LogP contribution in [0, 0.1) is 10.6 Å². The minimum absolute atomic E-state index is 0.212. The molecule has 0 spiro atoms. The van der Waals surface area contributed by atoms with Gasteiger partial charge in [-0.15, -0.1) is 11.8 Å². The van der Waals surface area contributed by atoms with Crippen LogP contribution < -0.4 is 0 Å². The smallest absolute Gasteiger partial charge is 0.199 e. The predicted octanol–water partition coefficient (Wildman–Crippen LogP) is 5.66. The first-order valence-corrected chi connectivity index (χ1v) is 9.75. The van der Waals surface area contributed by atoms with Crippen LogP contribution in [0.5, 0.6) is 0 Å². The summed E-state index contributed by atoms with van der Waals surface area (Å²) in [4.78, 5) is 0. The maximum atomic E-state index is 13.0. The Kier molecular flexibility index (Phi) is 4.86. The Morgan fingerprint density at radius 3 is 2.58 bits per heavy atom. The number of hydrogen-bond donors (Lipinski definition) is 1. The van der Waals surface area contributed by atoms with E-state index < -0.39 is 0 Å². The molecule has 3 aromatic carbocycles. The lowest BCUT2D eigenvalue weighted by Gasteiger charge is -2.10. The molecule has 0 atom stereocenters. The lowest BCUT2D eigenvalue weighted by atomic mass is 10.1. The molecular formula is C20H16FN3S2. The Labute approximate surface area is 159 Å². The highest BCUT2D eigenvalue weighted by molar-refractivity contribution is 7.97. The van der Waals surface area contributed by atoms with Gasteiger partial charge in [-0.1, -0.05) is 48.5 Å². The summed E-state index contributed by atoms with van der Waals surface area (Å²) in [5.74, 6) is 2.15. The number of rotatable bonds is 5. The van der Waals surface area contributed by atoms with Gasteiger partial charge in [0.05, 0.1) is 11.4 Å². The topological polar surface area (TPSA) is 33.6 Å². The number of aromatic amines is 1. The van der Waals surface area contributed by atoms with Crippen molar-refractivity contribution < 1.29 is 4.39 Å². The average molecular weight is 382 g/mol. The van der Waals surface area contributed by atoms with E-state index in [1.165, 1.54) is 12.1 Å². The first-order chi connectivity index (χ1) is 12.7. The van der Waals surface area contributed by atoms with Gasteiger partial charge >= 0.3 is 0 Å². The first-order valence-electron chi connectivity index (χ1n) is 8.19. The van der Waals surface area contributed by atoms with E-state index in [0.717, 1.165) is 33.6 Å². The van der Waals surface area contributed by atoms with Crippen molar-refractivity contribution in [3.8, 4) is 5.69 Å². The molecule has 4 aromatic rings. The zero-order chi connectivity index (χ0) is 17.9. The number of thioether (sulfide) groups is 1. The molecule has 0 amide bonds. The normalized spacial score (nSPS) is 11.1. The SMILES string of the molecule is Fc1ccc(CSCc2n[nH]c(=S)n2-c2cccc3ccccc23)cc1. The van der Waals surface area contributed by atoms with Crippen LogP contribution in [-0.4, -0.2) is 14.8 Å². The van der Waals surface area contributed by atoms with E-state index >= 15 is 0 Å². The quantitative estimate of drug-likeness (QED) is 0.453. The minimum Gasteiger partial charge on any atom is -0.271 e. The number of halogens is 1. The third-order valence-corrected chi connectivity index (χ3v) is 5.44. The van der Waals surface area contributed by atoms with Crippen LogP contribution >= 0.6 is 24.0 Å². The van der Waals surface area contributed by atoms with E-state index in [4.69, 9.17) is 12.2 Å². The van der Waals surface area contributed by atoms with Crippen molar-refractivity contribution in [1.82, 2.24) is 14.8 Å². The van der Waals surface area contributed by atoms with Crippen molar-refractivity contribution in [1.29, 1.82) is 0 Å². The Morgan fingerprint density at radius 2 is 1.73 bits per heavy atom. The summed E-state index contributed by atoms with van der Waals surface area (Å²) in [7, 11) is 0. The van der Waals surface area contributed by atoms with E-state index in [1.54, 1.807) is 11.8 Å². The van der Waals surface area contributed by atoms with Crippen LogP contribution in [-0.2, 0) is 11.5 Å². The molecule has 0 radical (unpaired) electrons. The predicted molar refractivity (Wildman–Crippen MR) is 108 cm³/mol. The molecule has 26 heavy (non-hydrogen) atoms. The summed E-state index contributed by atoms with van der Waals surface area (Å²) in [5, 5.41) is 9.62. The highest BCUT2D eigenvalue weighted by Gasteiger charge is 2.11. The van der Waals surface area contributed by atoms with E-state index in [2.05, 4.69) is 34.5 Å². The molecule has 1 aromatic heterocycles. The van der Waals surface area contributed by atoms with Gasteiger partial charge in [0.2, 0.25) is 0 Å². The highest BCUT2D eigenvalue weighted by atomic mass is 32.2. The molecule has 0 saturated heterocycles. The fourth-order valence-electron chi connectivity index (χ4n) is 2.92.